The largest absolute Gasteiger partial charge is 0.350 e. The molecule has 0 aromatic heterocycles. The molecule has 43 heavy (non-hydrogen) atoms. The van der Waals surface area contributed by atoms with E-state index < -0.39 is 17.6 Å². The molecule has 10 heteroatoms. The Balaban J connectivity index is 1.22. The number of piperidine rings is 1. The van der Waals surface area contributed by atoms with Gasteiger partial charge in [-0.05, 0) is 67.9 Å². The van der Waals surface area contributed by atoms with E-state index in [1.54, 1.807) is 29.2 Å². The number of ether oxygens (including phenoxy) is 1. The molecular weight excluding hydrogens is 570 g/mol. The minimum absolute atomic E-state index is 0.00541. The van der Waals surface area contributed by atoms with Crippen LogP contribution in [0.2, 0.25) is 5.02 Å². The zero-order chi connectivity index (χ0) is 30.4. The summed E-state index contributed by atoms with van der Waals surface area (Å²) in [6, 6.07) is 16.4. The maximum atomic E-state index is 13.9. The van der Waals surface area contributed by atoms with Gasteiger partial charge in [-0.25, -0.2) is 9.78 Å². The summed E-state index contributed by atoms with van der Waals surface area (Å²) in [7, 11) is 0. The van der Waals surface area contributed by atoms with Crippen molar-refractivity contribution >= 4 is 35.0 Å². The van der Waals surface area contributed by atoms with Crippen molar-refractivity contribution in [1.82, 2.24) is 10.2 Å². The zero-order valence-corrected chi connectivity index (χ0v) is 25.7. The molecule has 4 unspecified atom stereocenters. The number of fused-ring (bicyclic) bond motifs is 2. The van der Waals surface area contributed by atoms with Crippen molar-refractivity contribution in [2.24, 2.45) is 23.7 Å². The number of halogens is 1. The lowest BCUT2D eigenvalue weighted by Gasteiger charge is -2.61. The first-order valence-electron chi connectivity index (χ1n) is 15.3. The van der Waals surface area contributed by atoms with E-state index in [2.05, 4.69) is 12.2 Å². The number of likely N-dealkylation sites (tertiary alicyclic amines) is 1. The second-order valence-electron chi connectivity index (χ2n) is 12.7. The molecule has 2 aromatic carbocycles. The molecule has 7 atom stereocenters. The van der Waals surface area contributed by atoms with Crippen LogP contribution in [0.3, 0.4) is 0 Å². The standard InChI is InChI=1S/C33H40ClN3O6/c1-21-9-14-27-22(2)30(40)36(31-33(27)26(21)15-17-32(3,41-31)42-43-33)18-16-29(39)37(25-12-10-24(34)11-13-25)20-28(38)35-19-23-7-5-4-6-8-23/h4-8,10-13,21-22,26-27,31H,9,14-20H2,1-3H3,(H,35,38)/t21-,22+,26?,27?,31?,32?,33+/m0/s1. The molecular formula is C33H40ClN3O6. The number of carbonyl (C=O) groups is 3. The lowest BCUT2D eigenvalue weighted by molar-refractivity contribution is -0.547. The van der Waals surface area contributed by atoms with Crippen molar-refractivity contribution in [3.05, 3.63) is 65.2 Å². The van der Waals surface area contributed by atoms with Gasteiger partial charge in [0.2, 0.25) is 23.5 Å². The van der Waals surface area contributed by atoms with E-state index >= 15 is 0 Å². The molecule has 4 heterocycles. The van der Waals surface area contributed by atoms with Crippen LogP contribution in [-0.2, 0) is 35.4 Å². The predicted octanol–water partition coefficient (Wildman–Crippen LogP) is 5.07. The summed E-state index contributed by atoms with van der Waals surface area (Å²) in [5, 5.41) is 3.43. The number of anilines is 1. The molecule has 2 bridgehead atoms. The van der Waals surface area contributed by atoms with Gasteiger partial charge in [0.05, 0.1) is 0 Å². The fraction of sp³-hybridized carbons (Fsp3) is 0.545. The lowest BCUT2D eigenvalue weighted by Crippen LogP contribution is -2.75. The SMILES string of the molecule is C[C@H]1CCC2[C@@H](C)C(=O)N(CCC(=O)N(CC(=O)NCc3ccccc3)c3ccc(Cl)cc3)C3OC4(C)CCC1[C@@]23OO4. The van der Waals surface area contributed by atoms with Crippen LogP contribution in [-0.4, -0.2) is 53.3 Å². The van der Waals surface area contributed by atoms with Gasteiger partial charge in [-0.3, -0.25) is 14.4 Å². The summed E-state index contributed by atoms with van der Waals surface area (Å²) in [5.74, 6) is -1.34. The summed E-state index contributed by atoms with van der Waals surface area (Å²) >= 11 is 6.12. The molecule has 9 nitrogen and oxygen atoms in total. The van der Waals surface area contributed by atoms with Crippen LogP contribution in [0, 0.1) is 23.7 Å². The maximum absolute atomic E-state index is 13.9. The normalized spacial score (nSPS) is 33.0. The quantitative estimate of drug-likeness (QED) is 0.420. The second-order valence-corrected chi connectivity index (χ2v) is 13.2. The van der Waals surface area contributed by atoms with Gasteiger partial charge in [-0.15, -0.1) is 0 Å². The van der Waals surface area contributed by atoms with E-state index in [9.17, 15) is 14.4 Å². The van der Waals surface area contributed by atoms with Crippen molar-refractivity contribution in [3.63, 3.8) is 0 Å². The number of benzene rings is 2. The Hall–Kier alpha value is -2.98. The van der Waals surface area contributed by atoms with Crippen LogP contribution in [0.5, 0.6) is 0 Å². The highest BCUT2D eigenvalue weighted by Gasteiger charge is 2.70. The van der Waals surface area contributed by atoms with Crippen molar-refractivity contribution < 1.29 is 28.9 Å². The average Bonchev–Trinajstić information content (AvgIpc) is 3.24. The van der Waals surface area contributed by atoms with Gasteiger partial charge in [0.25, 0.3) is 0 Å². The highest BCUT2D eigenvalue weighted by molar-refractivity contribution is 6.30. The molecule has 1 saturated carbocycles. The van der Waals surface area contributed by atoms with Crippen LogP contribution < -0.4 is 10.2 Å². The Labute approximate surface area is 257 Å². The average molecular weight is 610 g/mol. The van der Waals surface area contributed by atoms with E-state index in [1.807, 2.05) is 44.2 Å². The topological polar surface area (TPSA) is 97.4 Å². The number of nitrogens with one attached hydrogen (secondary N) is 1. The highest BCUT2D eigenvalue weighted by atomic mass is 35.5. The van der Waals surface area contributed by atoms with Crippen LogP contribution in [0.4, 0.5) is 5.69 Å². The minimum atomic E-state index is -0.965. The van der Waals surface area contributed by atoms with Crippen molar-refractivity contribution in [2.75, 3.05) is 18.0 Å². The third kappa shape index (κ3) is 5.57. The molecule has 7 rings (SSSR count). The monoisotopic (exact) mass is 609 g/mol. The first-order chi connectivity index (χ1) is 20.6. The first kappa shape index (κ1) is 30.1. The number of amides is 3. The molecule has 5 aliphatic rings. The van der Waals surface area contributed by atoms with E-state index in [1.165, 1.54) is 4.90 Å². The number of carbonyl (C=O) groups excluding carboxylic acids is 3. The first-order valence-corrected chi connectivity index (χ1v) is 15.7. The maximum Gasteiger partial charge on any atom is 0.240 e. The van der Waals surface area contributed by atoms with E-state index in [4.69, 9.17) is 26.1 Å². The zero-order valence-electron chi connectivity index (χ0n) is 25.0. The van der Waals surface area contributed by atoms with Crippen LogP contribution in [0.25, 0.3) is 0 Å². The van der Waals surface area contributed by atoms with E-state index in [0.717, 1.165) is 24.8 Å². The smallest absolute Gasteiger partial charge is 0.240 e. The van der Waals surface area contributed by atoms with Gasteiger partial charge in [0.1, 0.15) is 6.54 Å². The molecule has 5 fully saturated rings. The van der Waals surface area contributed by atoms with Crippen molar-refractivity contribution in [1.29, 1.82) is 0 Å². The Kier molecular flexibility index (Phi) is 8.28. The minimum Gasteiger partial charge on any atom is -0.350 e. The summed E-state index contributed by atoms with van der Waals surface area (Å²) in [4.78, 5) is 56.2. The molecule has 0 radical (unpaired) electrons. The van der Waals surface area contributed by atoms with Gasteiger partial charge in [0, 0.05) is 48.5 Å². The number of rotatable bonds is 8. The molecule has 1 N–H and O–H groups in total. The van der Waals surface area contributed by atoms with Crippen LogP contribution >= 0.6 is 11.6 Å². The van der Waals surface area contributed by atoms with Gasteiger partial charge in [-0.2, -0.15) is 0 Å². The fourth-order valence-corrected chi connectivity index (χ4v) is 7.80. The molecule has 3 amide bonds. The summed E-state index contributed by atoms with van der Waals surface area (Å²) in [6.07, 6.45) is 2.81. The third-order valence-corrected chi connectivity index (χ3v) is 10.2. The van der Waals surface area contributed by atoms with Gasteiger partial charge < -0.3 is 19.9 Å². The van der Waals surface area contributed by atoms with Gasteiger partial charge >= 0.3 is 0 Å². The van der Waals surface area contributed by atoms with Crippen LogP contribution in [0.15, 0.2) is 54.6 Å². The highest BCUT2D eigenvalue weighted by Crippen LogP contribution is 2.60. The fourth-order valence-electron chi connectivity index (χ4n) is 7.67. The summed E-state index contributed by atoms with van der Waals surface area (Å²) in [5.41, 5.74) is 0.733. The molecule has 1 spiro atoms. The number of hydrogen-bond donors (Lipinski definition) is 1. The predicted molar refractivity (Wildman–Crippen MR) is 160 cm³/mol. The number of hydrogen-bond acceptors (Lipinski definition) is 6. The van der Waals surface area contributed by atoms with E-state index in [0.29, 0.717) is 29.6 Å². The Morgan fingerprint density at radius 2 is 1.77 bits per heavy atom. The van der Waals surface area contributed by atoms with Crippen LogP contribution in [0.1, 0.15) is 58.4 Å². The molecule has 1 aliphatic carbocycles. The Morgan fingerprint density at radius 1 is 1.02 bits per heavy atom. The Bertz CT molecular complexity index is 1360. The molecule has 230 valence electrons. The number of nitrogens with zero attached hydrogens (tertiary/aromatic N) is 2. The lowest BCUT2D eigenvalue weighted by atomic mass is 9.57. The van der Waals surface area contributed by atoms with Crippen molar-refractivity contribution in [3.8, 4) is 0 Å². The summed E-state index contributed by atoms with van der Waals surface area (Å²) in [6.45, 7) is 6.39. The second kappa shape index (κ2) is 11.8. The van der Waals surface area contributed by atoms with Gasteiger partial charge in [-0.1, -0.05) is 55.8 Å². The molecule has 2 aromatic rings. The Morgan fingerprint density at radius 3 is 2.51 bits per heavy atom. The third-order valence-electron chi connectivity index (χ3n) is 10.00. The molecule has 4 saturated heterocycles. The van der Waals surface area contributed by atoms with E-state index in [-0.39, 0.29) is 55.0 Å². The summed E-state index contributed by atoms with van der Waals surface area (Å²) < 4.78 is 6.59. The molecule has 4 aliphatic heterocycles. The van der Waals surface area contributed by atoms with Gasteiger partial charge in [0.15, 0.2) is 11.8 Å². The van der Waals surface area contributed by atoms with Crippen molar-refractivity contribution in [2.45, 2.75) is 77.0 Å².